The zero-order chi connectivity index (χ0) is 29.9. The van der Waals surface area contributed by atoms with Gasteiger partial charge in [0.2, 0.25) is 0 Å². The highest BCUT2D eigenvalue weighted by Crippen LogP contribution is 2.63. The number of hydrogen-bond donors (Lipinski definition) is 0. The number of esters is 1. The van der Waals surface area contributed by atoms with Gasteiger partial charge in [0.1, 0.15) is 11.9 Å². The fourth-order valence-electron chi connectivity index (χ4n) is 9.24. The minimum atomic E-state index is -1.33. The van der Waals surface area contributed by atoms with Crippen molar-refractivity contribution in [1.29, 1.82) is 0 Å². The van der Waals surface area contributed by atoms with E-state index in [0.717, 1.165) is 32.1 Å². The molecule has 4 aliphatic carbocycles. The van der Waals surface area contributed by atoms with Gasteiger partial charge in [0.05, 0.1) is 0 Å². The Balaban J connectivity index is 1.55. The molecule has 4 aliphatic rings. The van der Waals surface area contributed by atoms with Crippen molar-refractivity contribution in [3.05, 3.63) is 11.6 Å². The van der Waals surface area contributed by atoms with E-state index < -0.39 is 14.5 Å². The molecule has 6 heteroatoms. The summed E-state index contributed by atoms with van der Waals surface area (Å²) in [5.41, 5.74) is 1.25. The van der Waals surface area contributed by atoms with Crippen LogP contribution in [0.4, 0.5) is 0 Å². The van der Waals surface area contributed by atoms with Gasteiger partial charge in [0, 0.05) is 37.2 Å². The summed E-state index contributed by atoms with van der Waals surface area (Å²) >= 11 is 0. The molecule has 232 valence electrons. The van der Waals surface area contributed by atoms with E-state index in [-0.39, 0.29) is 47.6 Å². The van der Waals surface area contributed by atoms with Crippen LogP contribution in [0.3, 0.4) is 0 Å². The average Bonchev–Trinajstić information content (AvgIpc) is 3.16. The number of carbonyl (C=O) groups is 3. The molecule has 1 unspecified atom stereocenters. The Morgan fingerprint density at radius 3 is 2.37 bits per heavy atom. The smallest absolute Gasteiger partial charge is 0.302 e. The summed E-state index contributed by atoms with van der Waals surface area (Å²) in [6.45, 7) is 15.2. The van der Waals surface area contributed by atoms with E-state index in [0.29, 0.717) is 36.4 Å². The maximum absolute atomic E-state index is 13.4. The Labute approximate surface area is 251 Å². The Kier molecular flexibility index (Phi) is 10.8. The second kappa shape index (κ2) is 13.6. The first-order chi connectivity index (χ1) is 19.3. The lowest BCUT2D eigenvalue weighted by atomic mass is 9.47. The molecule has 5 nitrogen and oxygen atoms in total. The van der Waals surface area contributed by atoms with Crippen molar-refractivity contribution in [2.24, 2.45) is 40.4 Å². The highest BCUT2D eigenvalue weighted by Gasteiger charge is 2.63. The van der Waals surface area contributed by atoms with Crippen molar-refractivity contribution in [1.82, 2.24) is 0 Å². The molecule has 41 heavy (non-hydrogen) atoms. The van der Waals surface area contributed by atoms with Crippen molar-refractivity contribution in [2.45, 2.75) is 150 Å². The SMILES string of the molecule is CC(=O)O[C@@H]1C[C@]2(C)C(=O)CC[C@H]2[C@H]2[C@H]1[C@H]1CCC(=O)C=C1C[C@H]2C(CCCCCCCCC(C)(C)C)O[SiH](C)C. The third-order valence-corrected chi connectivity index (χ3v) is 11.9. The van der Waals surface area contributed by atoms with E-state index in [1.54, 1.807) is 0 Å². The maximum Gasteiger partial charge on any atom is 0.302 e. The maximum atomic E-state index is 13.4. The van der Waals surface area contributed by atoms with E-state index in [2.05, 4.69) is 40.8 Å². The normalized spacial score (nSPS) is 34.1. The second-order valence-electron chi connectivity index (χ2n) is 15.6. The Hall–Kier alpha value is -1.27. The van der Waals surface area contributed by atoms with Gasteiger partial charge in [-0.15, -0.1) is 0 Å². The standard InChI is InChI=1S/C35H58O5Si/c1-23(36)39-30-22-35(5)28(17-18-31(35)38)32-27(21-24-20-25(37)15-16-26(24)33(30)32)29(40-41(6)7)14-12-10-8-9-11-13-19-34(2,3)4/h20,26-30,32-33,41H,8-19,21-22H2,1-7H3/t26-,27-,28-,29?,30+,32-,33-,35-/m0/s1. The molecular weight excluding hydrogens is 528 g/mol. The largest absolute Gasteiger partial charge is 0.462 e. The van der Waals surface area contributed by atoms with Crippen LogP contribution in [0.2, 0.25) is 13.1 Å². The fourth-order valence-corrected chi connectivity index (χ4v) is 10.3. The van der Waals surface area contributed by atoms with Crippen LogP contribution in [-0.4, -0.2) is 38.8 Å². The molecule has 3 saturated carbocycles. The molecule has 0 aromatic heterocycles. The number of unbranched alkanes of at least 4 members (excludes halogenated alkanes) is 5. The van der Waals surface area contributed by atoms with Crippen LogP contribution >= 0.6 is 0 Å². The van der Waals surface area contributed by atoms with Gasteiger partial charge in [-0.05, 0) is 86.8 Å². The Bertz CT molecular complexity index is 980. The van der Waals surface area contributed by atoms with Gasteiger partial charge < -0.3 is 9.16 Å². The zero-order valence-corrected chi connectivity index (χ0v) is 28.3. The van der Waals surface area contributed by atoms with Gasteiger partial charge in [-0.3, -0.25) is 14.4 Å². The van der Waals surface area contributed by atoms with Crippen LogP contribution in [-0.2, 0) is 23.5 Å². The predicted octanol–water partition coefficient (Wildman–Crippen LogP) is 8.00. The van der Waals surface area contributed by atoms with Gasteiger partial charge >= 0.3 is 5.97 Å². The number of hydrogen-bond acceptors (Lipinski definition) is 5. The first kappa shape index (κ1) is 32.6. The molecule has 0 aliphatic heterocycles. The van der Waals surface area contributed by atoms with Crippen molar-refractivity contribution in [2.75, 3.05) is 0 Å². The molecule has 0 aromatic carbocycles. The first-order valence-corrected chi connectivity index (χ1v) is 19.7. The zero-order valence-electron chi connectivity index (χ0n) is 27.1. The van der Waals surface area contributed by atoms with Crippen LogP contribution in [0.1, 0.15) is 125 Å². The summed E-state index contributed by atoms with van der Waals surface area (Å²) in [6, 6.07) is 0. The molecule has 0 amide bonds. The average molecular weight is 587 g/mol. The minimum Gasteiger partial charge on any atom is -0.462 e. The molecular formula is C35H58O5Si. The fraction of sp³-hybridized carbons (Fsp3) is 0.857. The Morgan fingerprint density at radius 1 is 1.02 bits per heavy atom. The monoisotopic (exact) mass is 586 g/mol. The number of rotatable bonds is 12. The predicted molar refractivity (Wildman–Crippen MR) is 167 cm³/mol. The van der Waals surface area contributed by atoms with Crippen molar-refractivity contribution in [3.8, 4) is 0 Å². The van der Waals surface area contributed by atoms with Gasteiger partial charge in [0.25, 0.3) is 0 Å². The number of carbonyl (C=O) groups excluding carboxylic acids is 3. The third-order valence-electron chi connectivity index (χ3n) is 11.0. The lowest BCUT2D eigenvalue weighted by Crippen LogP contribution is -2.58. The summed E-state index contributed by atoms with van der Waals surface area (Å²) in [7, 11) is -1.33. The molecule has 0 bridgehead atoms. The molecule has 0 N–H and O–H groups in total. The van der Waals surface area contributed by atoms with E-state index in [1.165, 1.54) is 51.0 Å². The highest BCUT2D eigenvalue weighted by atomic mass is 28.3. The van der Waals surface area contributed by atoms with E-state index in [9.17, 15) is 14.4 Å². The van der Waals surface area contributed by atoms with Crippen molar-refractivity contribution < 1.29 is 23.5 Å². The molecule has 4 rings (SSSR count). The number of ether oxygens (including phenoxy) is 1. The lowest BCUT2D eigenvalue weighted by Gasteiger charge is -2.58. The van der Waals surface area contributed by atoms with Crippen LogP contribution in [0.5, 0.6) is 0 Å². The van der Waals surface area contributed by atoms with E-state index >= 15 is 0 Å². The van der Waals surface area contributed by atoms with Gasteiger partial charge in [0.15, 0.2) is 14.8 Å². The van der Waals surface area contributed by atoms with Crippen LogP contribution in [0.25, 0.3) is 0 Å². The minimum absolute atomic E-state index is 0.143. The van der Waals surface area contributed by atoms with Crippen LogP contribution in [0.15, 0.2) is 11.6 Å². The molecule has 3 fully saturated rings. The van der Waals surface area contributed by atoms with Gasteiger partial charge in [-0.1, -0.05) is 71.8 Å². The van der Waals surface area contributed by atoms with Crippen LogP contribution in [0, 0.1) is 40.4 Å². The molecule has 0 spiro atoms. The summed E-state index contributed by atoms with van der Waals surface area (Å²) in [6.07, 6.45) is 16.3. The van der Waals surface area contributed by atoms with Crippen molar-refractivity contribution >= 4 is 26.6 Å². The van der Waals surface area contributed by atoms with E-state index in [1.807, 2.05) is 6.08 Å². The summed E-state index contributed by atoms with van der Waals surface area (Å²) in [5, 5.41) is 0. The molecule has 8 atom stereocenters. The molecule has 0 saturated heterocycles. The number of fused-ring (bicyclic) bond motifs is 5. The van der Waals surface area contributed by atoms with E-state index in [4.69, 9.17) is 9.16 Å². The topological polar surface area (TPSA) is 69.7 Å². The van der Waals surface area contributed by atoms with Gasteiger partial charge in [-0.2, -0.15) is 0 Å². The highest BCUT2D eigenvalue weighted by molar-refractivity contribution is 6.48. The lowest BCUT2D eigenvalue weighted by molar-refractivity contribution is -0.176. The summed E-state index contributed by atoms with van der Waals surface area (Å²) in [4.78, 5) is 38.3. The molecule has 0 heterocycles. The number of ketones is 2. The van der Waals surface area contributed by atoms with Crippen molar-refractivity contribution in [3.63, 3.8) is 0 Å². The summed E-state index contributed by atoms with van der Waals surface area (Å²) in [5.74, 6) is 1.62. The van der Waals surface area contributed by atoms with Crippen LogP contribution < -0.4 is 0 Å². The number of allylic oxidation sites excluding steroid dienone is 1. The van der Waals surface area contributed by atoms with Gasteiger partial charge in [-0.25, -0.2) is 0 Å². The third kappa shape index (κ3) is 7.82. The molecule has 0 aromatic rings. The molecule has 0 radical (unpaired) electrons. The second-order valence-corrected chi connectivity index (χ2v) is 18.0. The Morgan fingerprint density at radius 2 is 1.71 bits per heavy atom. The summed E-state index contributed by atoms with van der Waals surface area (Å²) < 4.78 is 13.0. The quantitative estimate of drug-likeness (QED) is 0.132. The number of Topliss-reactive ketones (excluding diaryl/α,β-unsaturated/α-hetero) is 1. The first-order valence-electron chi connectivity index (χ1n) is 16.9.